The van der Waals surface area contributed by atoms with Crippen LogP contribution in [0.4, 0.5) is 0 Å². The van der Waals surface area contributed by atoms with Gasteiger partial charge in [0.05, 0.1) is 37.3 Å². The van der Waals surface area contributed by atoms with E-state index in [1.165, 1.54) is 0 Å². The largest absolute Gasteiger partial charge is 0.548 e. The number of fused-ring (bicyclic) bond motifs is 2. The first-order chi connectivity index (χ1) is 15.8. The Bertz CT molecular complexity index is 1430. The molecule has 0 aliphatic heterocycles. The lowest BCUT2D eigenvalue weighted by Crippen LogP contribution is -2.43. The van der Waals surface area contributed by atoms with Gasteiger partial charge in [0, 0.05) is 22.4 Å². The summed E-state index contributed by atoms with van der Waals surface area (Å²) in [6, 6.07) is 13.2. The zero-order chi connectivity index (χ0) is 23.5. The van der Waals surface area contributed by atoms with Gasteiger partial charge in [-0.15, -0.1) is 0 Å². The molecule has 2 aromatic heterocycles. The molecule has 2 aromatic carbocycles. The zero-order valence-electron chi connectivity index (χ0n) is 17.6. The molecule has 0 unspecified atom stereocenters. The molecule has 2 amide bonds. The molecule has 9 heteroatoms. The molecule has 2 N–H and O–H groups in total. The second kappa shape index (κ2) is 8.99. The van der Waals surface area contributed by atoms with E-state index in [9.17, 15) is 24.3 Å². The van der Waals surface area contributed by atoms with Crippen LogP contribution < -0.4 is 21.4 Å². The molecule has 33 heavy (non-hydrogen) atoms. The van der Waals surface area contributed by atoms with E-state index in [0.29, 0.717) is 22.1 Å². The summed E-state index contributed by atoms with van der Waals surface area (Å²) in [6.45, 7) is 0.637. The van der Waals surface area contributed by atoms with Crippen molar-refractivity contribution in [2.24, 2.45) is 0 Å². The maximum atomic E-state index is 12.5. The highest BCUT2D eigenvalue weighted by Gasteiger charge is 2.18. The molecule has 9 nitrogen and oxygen atoms in total. The average molecular weight is 447 g/mol. The summed E-state index contributed by atoms with van der Waals surface area (Å²) in [5.74, 6) is -2.71. The molecule has 4 aromatic rings. The van der Waals surface area contributed by atoms with E-state index in [1.807, 2.05) is 36.4 Å². The van der Waals surface area contributed by atoms with Gasteiger partial charge in [-0.1, -0.05) is 30.3 Å². The molecule has 2 heterocycles. The predicted octanol–water partition coefficient (Wildman–Crippen LogP) is 1.04. The SMILES string of the molecule is Cc1c(CC(=O)NCC(=O)NCC(=O)[O-])c(=O)oc2cc3occ(-c4ccccc4)c3cc12. The van der Waals surface area contributed by atoms with Gasteiger partial charge < -0.3 is 29.4 Å². The van der Waals surface area contributed by atoms with Crippen LogP contribution >= 0.6 is 0 Å². The van der Waals surface area contributed by atoms with Gasteiger partial charge in [-0.3, -0.25) is 9.59 Å². The lowest BCUT2D eigenvalue weighted by molar-refractivity contribution is -0.304. The van der Waals surface area contributed by atoms with Crippen molar-refractivity contribution >= 4 is 39.7 Å². The van der Waals surface area contributed by atoms with E-state index >= 15 is 0 Å². The fourth-order valence-electron chi connectivity index (χ4n) is 3.59. The fourth-order valence-corrected chi connectivity index (χ4v) is 3.59. The van der Waals surface area contributed by atoms with Crippen molar-refractivity contribution in [3.63, 3.8) is 0 Å². The Labute approximate surface area is 187 Å². The number of hydrogen-bond acceptors (Lipinski definition) is 7. The average Bonchev–Trinajstić information content (AvgIpc) is 3.21. The smallest absolute Gasteiger partial charge is 0.340 e. The summed E-state index contributed by atoms with van der Waals surface area (Å²) in [5.41, 5.74) is 2.86. The van der Waals surface area contributed by atoms with Crippen LogP contribution in [0.2, 0.25) is 0 Å². The third-order valence-corrected chi connectivity index (χ3v) is 5.28. The summed E-state index contributed by atoms with van der Waals surface area (Å²) in [5, 5.41) is 16.3. The second-order valence-corrected chi connectivity index (χ2v) is 7.46. The fraction of sp³-hybridized carbons (Fsp3) is 0.167. The molecule has 0 aliphatic rings. The Morgan fingerprint density at radius 3 is 2.39 bits per heavy atom. The van der Waals surface area contributed by atoms with E-state index in [1.54, 1.807) is 19.3 Å². The normalized spacial score (nSPS) is 10.9. The number of furan rings is 1. The quantitative estimate of drug-likeness (QED) is 0.403. The Morgan fingerprint density at radius 1 is 0.939 bits per heavy atom. The summed E-state index contributed by atoms with van der Waals surface area (Å²) < 4.78 is 11.1. The number of amides is 2. The first kappa shape index (κ1) is 21.8. The van der Waals surface area contributed by atoms with E-state index < -0.39 is 36.5 Å². The van der Waals surface area contributed by atoms with Gasteiger partial charge in [-0.25, -0.2) is 4.79 Å². The number of aliphatic carboxylic acids is 1. The van der Waals surface area contributed by atoms with Gasteiger partial charge in [-0.05, 0) is 24.1 Å². The van der Waals surface area contributed by atoms with E-state index in [-0.39, 0.29) is 12.0 Å². The number of carbonyl (C=O) groups is 3. The van der Waals surface area contributed by atoms with Gasteiger partial charge in [0.25, 0.3) is 0 Å². The number of benzene rings is 2. The van der Waals surface area contributed by atoms with Gasteiger partial charge >= 0.3 is 5.63 Å². The number of carboxylic acid groups (broad SMARTS) is 1. The molecule has 0 bridgehead atoms. The van der Waals surface area contributed by atoms with Crippen LogP contribution in [0.25, 0.3) is 33.1 Å². The Hall–Kier alpha value is -4.40. The lowest BCUT2D eigenvalue weighted by Gasteiger charge is -2.10. The maximum absolute atomic E-state index is 12.5. The number of hydrogen-bond donors (Lipinski definition) is 2. The van der Waals surface area contributed by atoms with Crippen LogP contribution in [0.1, 0.15) is 11.1 Å². The third kappa shape index (κ3) is 4.62. The molecule has 0 fully saturated rings. The first-order valence-corrected chi connectivity index (χ1v) is 10.1. The molecule has 0 spiro atoms. The molecule has 4 rings (SSSR count). The predicted molar refractivity (Wildman–Crippen MR) is 117 cm³/mol. The van der Waals surface area contributed by atoms with Crippen molar-refractivity contribution < 1.29 is 28.3 Å². The Morgan fingerprint density at radius 2 is 1.67 bits per heavy atom. The van der Waals surface area contributed by atoms with E-state index in [2.05, 4.69) is 10.6 Å². The van der Waals surface area contributed by atoms with Crippen LogP contribution in [0.3, 0.4) is 0 Å². The van der Waals surface area contributed by atoms with Gasteiger partial charge in [0.15, 0.2) is 0 Å². The Balaban J connectivity index is 1.62. The maximum Gasteiger partial charge on any atom is 0.340 e. The van der Waals surface area contributed by atoms with Crippen molar-refractivity contribution in [1.29, 1.82) is 0 Å². The minimum atomic E-state index is -1.44. The Kier molecular flexibility index (Phi) is 5.95. The molecular formula is C24H19N2O7-. The highest BCUT2D eigenvalue weighted by Crippen LogP contribution is 2.34. The standard InChI is InChI=1S/C24H20N2O7/c1-13-15-7-17-18(14-5-3-2-4-6-14)12-32-19(17)9-20(15)33-24(31)16(13)8-21(27)25-10-22(28)26-11-23(29)30/h2-7,9,12H,8,10-11H2,1H3,(H,25,27)(H,26,28)(H,29,30)/p-1. The number of rotatable bonds is 7. The number of carboxylic acids is 1. The summed E-state index contributed by atoms with van der Waals surface area (Å²) in [6.07, 6.45) is 1.35. The highest BCUT2D eigenvalue weighted by molar-refractivity contribution is 6.02. The number of carbonyl (C=O) groups excluding carboxylic acids is 3. The van der Waals surface area contributed by atoms with Gasteiger partial charge in [0.2, 0.25) is 11.8 Å². The summed E-state index contributed by atoms with van der Waals surface area (Å²) in [7, 11) is 0. The van der Waals surface area contributed by atoms with E-state index in [0.717, 1.165) is 16.5 Å². The minimum Gasteiger partial charge on any atom is -0.548 e. The number of aryl methyl sites for hydroxylation is 1. The van der Waals surface area contributed by atoms with Crippen LogP contribution in [0.15, 0.2) is 62.4 Å². The monoisotopic (exact) mass is 447 g/mol. The zero-order valence-corrected chi connectivity index (χ0v) is 17.6. The summed E-state index contributed by atoms with van der Waals surface area (Å²) >= 11 is 0. The minimum absolute atomic E-state index is 0.166. The van der Waals surface area contributed by atoms with Crippen molar-refractivity contribution in [2.45, 2.75) is 13.3 Å². The molecule has 0 saturated heterocycles. The van der Waals surface area contributed by atoms with Crippen molar-refractivity contribution in [2.75, 3.05) is 13.1 Å². The van der Waals surface area contributed by atoms with Crippen molar-refractivity contribution in [3.8, 4) is 11.1 Å². The van der Waals surface area contributed by atoms with Gasteiger partial charge in [-0.2, -0.15) is 0 Å². The third-order valence-electron chi connectivity index (χ3n) is 5.28. The first-order valence-electron chi connectivity index (χ1n) is 10.1. The lowest BCUT2D eigenvalue weighted by atomic mass is 9.99. The van der Waals surface area contributed by atoms with Crippen LogP contribution in [0.5, 0.6) is 0 Å². The molecule has 0 radical (unpaired) electrons. The summed E-state index contributed by atoms with van der Waals surface area (Å²) in [4.78, 5) is 46.8. The van der Waals surface area contributed by atoms with Crippen molar-refractivity contribution in [1.82, 2.24) is 10.6 Å². The topological polar surface area (TPSA) is 142 Å². The molecule has 0 atom stereocenters. The van der Waals surface area contributed by atoms with E-state index in [4.69, 9.17) is 8.83 Å². The highest BCUT2D eigenvalue weighted by atomic mass is 16.4. The second-order valence-electron chi connectivity index (χ2n) is 7.46. The molecule has 168 valence electrons. The molecule has 0 saturated carbocycles. The molecule has 0 aliphatic carbocycles. The van der Waals surface area contributed by atoms with Crippen LogP contribution in [0, 0.1) is 6.92 Å². The van der Waals surface area contributed by atoms with Crippen LogP contribution in [-0.4, -0.2) is 30.9 Å². The molecular weight excluding hydrogens is 428 g/mol. The van der Waals surface area contributed by atoms with Crippen LogP contribution in [-0.2, 0) is 20.8 Å². The van der Waals surface area contributed by atoms with Crippen molar-refractivity contribution in [3.05, 3.63) is 70.3 Å². The number of nitrogens with one attached hydrogen (secondary N) is 2. The van der Waals surface area contributed by atoms with Gasteiger partial charge in [0.1, 0.15) is 11.2 Å².